The smallest absolute Gasteiger partial charge is 0.0947 e. The van der Waals surface area contributed by atoms with Crippen molar-refractivity contribution in [2.45, 2.75) is 31.8 Å². The summed E-state index contributed by atoms with van der Waals surface area (Å²) >= 11 is 0. The highest BCUT2D eigenvalue weighted by Gasteiger charge is 2.22. The van der Waals surface area contributed by atoms with Crippen molar-refractivity contribution in [2.24, 2.45) is 0 Å². The molecular formula is C15H17NO. The molecule has 0 amide bonds. The molecule has 1 aromatic carbocycles. The molecule has 1 heterocycles. The Kier molecular flexibility index (Phi) is 2.97. The van der Waals surface area contributed by atoms with Crippen LogP contribution in [-0.4, -0.2) is 0 Å². The summed E-state index contributed by atoms with van der Waals surface area (Å²) in [5, 5.41) is 3.41. The zero-order chi connectivity index (χ0) is 11.5. The quantitative estimate of drug-likeness (QED) is 0.846. The van der Waals surface area contributed by atoms with Crippen LogP contribution in [0.3, 0.4) is 0 Å². The summed E-state index contributed by atoms with van der Waals surface area (Å²) in [6.45, 7) is 1.77. The van der Waals surface area contributed by atoms with Crippen LogP contribution in [0.15, 0.2) is 47.3 Å². The van der Waals surface area contributed by atoms with Gasteiger partial charge >= 0.3 is 0 Å². The maximum Gasteiger partial charge on any atom is 0.0947 e. The first-order valence-corrected chi connectivity index (χ1v) is 6.22. The fourth-order valence-corrected chi connectivity index (χ4v) is 2.07. The number of rotatable bonds is 5. The molecule has 1 saturated carbocycles. The minimum Gasteiger partial charge on any atom is -0.472 e. The van der Waals surface area contributed by atoms with Gasteiger partial charge in [0.1, 0.15) is 0 Å². The third-order valence-corrected chi connectivity index (χ3v) is 3.27. The van der Waals surface area contributed by atoms with Gasteiger partial charge in [0.05, 0.1) is 12.5 Å². The molecule has 1 aromatic heterocycles. The Morgan fingerprint density at radius 3 is 2.41 bits per heavy atom. The van der Waals surface area contributed by atoms with E-state index in [9.17, 15) is 0 Å². The number of hydrogen-bond acceptors (Lipinski definition) is 2. The number of benzene rings is 1. The van der Waals surface area contributed by atoms with Crippen molar-refractivity contribution in [3.05, 3.63) is 59.5 Å². The van der Waals surface area contributed by atoms with Crippen molar-refractivity contribution in [3.8, 4) is 0 Å². The zero-order valence-corrected chi connectivity index (χ0v) is 9.86. The molecule has 1 fully saturated rings. The highest BCUT2D eigenvalue weighted by molar-refractivity contribution is 5.28. The van der Waals surface area contributed by atoms with E-state index in [1.165, 1.54) is 29.5 Å². The van der Waals surface area contributed by atoms with Gasteiger partial charge in [-0.1, -0.05) is 24.3 Å². The maximum atomic E-state index is 5.03. The van der Waals surface area contributed by atoms with Crippen LogP contribution in [0.25, 0.3) is 0 Å². The Labute approximate surface area is 102 Å². The molecule has 1 N–H and O–H groups in total. The van der Waals surface area contributed by atoms with Gasteiger partial charge in [-0.3, -0.25) is 0 Å². The standard InChI is InChI=1S/C15H17NO/c1-3-14(15-5-6-15)4-2-12(1)9-16-10-13-7-8-17-11-13/h1-4,7-8,11,15-16H,5-6,9-10H2. The van der Waals surface area contributed by atoms with Crippen molar-refractivity contribution in [2.75, 3.05) is 0 Å². The van der Waals surface area contributed by atoms with Gasteiger partial charge < -0.3 is 9.73 Å². The molecule has 0 aliphatic heterocycles. The normalized spacial score (nSPS) is 15.1. The van der Waals surface area contributed by atoms with E-state index in [0.717, 1.165) is 19.0 Å². The van der Waals surface area contributed by atoms with Crippen molar-refractivity contribution in [3.63, 3.8) is 0 Å². The number of hydrogen-bond donors (Lipinski definition) is 1. The third kappa shape index (κ3) is 2.77. The fraction of sp³-hybridized carbons (Fsp3) is 0.333. The Morgan fingerprint density at radius 2 is 1.76 bits per heavy atom. The van der Waals surface area contributed by atoms with Crippen LogP contribution >= 0.6 is 0 Å². The molecule has 0 bridgehead atoms. The summed E-state index contributed by atoms with van der Waals surface area (Å²) in [5.74, 6) is 0.850. The summed E-state index contributed by atoms with van der Waals surface area (Å²) in [6, 6.07) is 11.0. The van der Waals surface area contributed by atoms with Crippen LogP contribution in [0.5, 0.6) is 0 Å². The lowest BCUT2D eigenvalue weighted by atomic mass is 10.1. The second-order valence-electron chi connectivity index (χ2n) is 4.75. The minimum absolute atomic E-state index is 0.850. The molecule has 2 nitrogen and oxygen atoms in total. The molecule has 1 aliphatic carbocycles. The van der Waals surface area contributed by atoms with Crippen molar-refractivity contribution >= 4 is 0 Å². The predicted molar refractivity (Wildman–Crippen MR) is 67.7 cm³/mol. The van der Waals surface area contributed by atoms with E-state index in [0.29, 0.717) is 0 Å². The molecule has 0 saturated heterocycles. The summed E-state index contributed by atoms with van der Waals surface area (Å²) in [6.07, 6.45) is 6.24. The van der Waals surface area contributed by atoms with Crippen molar-refractivity contribution in [1.29, 1.82) is 0 Å². The lowest BCUT2D eigenvalue weighted by Crippen LogP contribution is -2.11. The van der Waals surface area contributed by atoms with E-state index < -0.39 is 0 Å². The molecule has 3 rings (SSSR count). The minimum atomic E-state index is 0.850. The number of nitrogens with one attached hydrogen (secondary N) is 1. The molecule has 2 heteroatoms. The van der Waals surface area contributed by atoms with Gasteiger partial charge in [-0.15, -0.1) is 0 Å². The third-order valence-electron chi connectivity index (χ3n) is 3.27. The molecule has 1 aliphatic rings. The first-order valence-electron chi connectivity index (χ1n) is 6.22. The Hall–Kier alpha value is -1.54. The van der Waals surface area contributed by atoms with Gasteiger partial charge in [0.25, 0.3) is 0 Å². The number of furan rings is 1. The van der Waals surface area contributed by atoms with E-state index in [1.807, 2.05) is 6.07 Å². The molecule has 0 spiro atoms. The molecule has 2 aromatic rings. The zero-order valence-electron chi connectivity index (χ0n) is 9.86. The molecule has 0 unspecified atom stereocenters. The molecule has 17 heavy (non-hydrogen) atoms. The Bertz CT molecular complexity index is 454. The van der Waals surface area contributed by atoms with E-state index in [4.69, 9.17) is 4.42 Å². The molecule has 88 valence electrons. The van der Waals surface area contributed by atoms with Crippen LogP contribution in [-0.2, 0) is 13.1 Å². The average Bonchev–Trinajstić information content (AvgIpc) is 3.08. The Balaban J connectivity index is 1.51. The van der Waals surface area contributed by atoms with E-state index in [-0.39, 0.29) is 0 Å². The van der Waals surface area contributed by atoms with Gasteiger partial charge in [0, 0.05) is 18.7 Å². The predicted octanol–water partition coefficient (Wildman–Crippen LogP) is 3.45. The molecule has 0 radical (unpaired) electrons. The summed E-state index contributed by atoms with van der Waals surface area (Å²) in [7, 11) is 0. The van der Waals surface area contributed by atoms with Crippen molar-refractivity contribution in [1.82, 2.24) is 5.32 Å². The second kappa shape index (κ2) is 4.76. The van der Waals surface area contributed by atoms with Gasteiger partial charge in [-0.25, -0.2) is 0 Å². The van der Waals surface area contributed by atoms with Crippen molar-refractivity contribution < 1.29 is 4.42 Å². The van der Waals surface area contributed by atoms with E-state index >= 15 is 0 Å². The monoisotopic (exact) mass is 227 g/mol. The Morgan fingerprint density at radius 1 is 1.00 bits per heavy atom. The van der Waals surface area contributed by atoms with Crippen LogP contribution in [0.4, 0.5) is 0 Å². The average molecular weight is 227 g/mol. The van der Waals surface area contributed by atoms with Gasteiger partial charge in [0.15, 0.2) is 0 Å². The highest BCUT2D eigenvalue weighted by atomic mass is 16.3. The first kappa shape index (κ1) is 10.6. The SMILES string of the molecule is c1cc(CNCc2ccc(C3CC3)cc2)co1. The second-order valence-corrected chi connectivity index (χ2v) is 4.75. The van der Waals surface area contributed by atoms with Gasteiger partial charge in [-0.2, -0.15) is 0 Å². The largest absolute Gasteiger partial charge is 0.472 e. The van der Waals surface area contributed by atoms with Gasteiger partial charge in [0.2, 0.25) is 0 Å². The fourth-order valence-electron chi connectivity index (χ4n) is 2.07. The van der Waals surface area contributed by atoms with Gasteiger partial charge in [-0.05, 0) is 36.0 Å². The summed E-state index contributed by atoms with van der Waals surface area (Å²) in [5.41, 5.74) is 4.04. The summed E-state index contributed by atoms with van der Waals surface area (Å²) in [4.78, 5) is 0. The van der Waals surface area contributed by atoms with E-state index in [1.54, 1.807) is 12.5 Å². The van der Waals surface area contributed by atoms with Crippen LogP contribution < -0.4 is 5.32 Å². The topological polar surface area (TPSA) is 25.2 Å². The maximum absolute atomic E-state index is 5.03. The lowest BCUT2D eigenvalue weighted by Gasteiger charge is -2.04. The molecular weight excluding hydrogens is 210 g/mol. The first-order chi connectivity index (χ1) is 8.42. The van der Waals surface area contributed by atoms with Crippen LogP contribution in [0.2, 0.25) is 0 Å². The summed E-state index contributed by atoms with van der Waals surface area (Å²) < 4.78 is 5.03. The van der Waals surface area contributed by atoms with Crippen LogP contribution in [0, 0.1) is 0 Å². The molecule has 0 atom stereocenters. The highest BCUT2D eigenvalue weighted by Crippen LogP contribution is 2.39. The van der Waals surface area contributed by atoms with Crippen LogP contribution in [0.1, 0.15) is 35.4 Å². The van der Waals surface area contributed by atoms with E-state index in [2.05, 4.69) is 29.6 Å². The lowest BCUT2D eigenvalue weighted by molar-refractivity contribution is 0.560.